The van der Waals surface area contributed by atoms with Crippen molar-refractivity contribution in [1.29, 1.82) is 0 Å². The van der Waals surface area contributed by atoms with Gasteiger partial charge < -0.3 is 5.32 Å². The van der Waals surface area contributed by atoms with Crippen molar-refractivity contribution in [1.82, 2.24) is 24.5 Å². The van der Waals surface area contributed by atoms with Gasteiger partial charge in [0, 0.05) is 11.2 Å². The maximum Gasteiger partial charge on any atom is 0.242 e. The second kappa shape index (κ2) is 7.72. The Balaban J connectivity index is 1.25. The number of carbonyl (C=O) groups excluding carboxylic acids is 1. The molecule has 2 aromatic heterocycles. The van der Waals surface area contributed by atoms with E-state index < -0.39 is 5.41 Å². The molecule has 2 atom stereocenters. The number of hydrogen-bond donors (Lipinski definition) is 1. The molecule has 4 fully saturated rings. The van der Waals surface area contributed by atoms with E-state index in [-0.39, 0.29) is 16.7 Å². The van der Waals surface area contributed by atoms with E-state index >= 15 is 0 Å². The van der Waals surface area contributed by atoms with Crippen LogP contribution in [0.3, 0.4) is 0 Å². The fourth-order valence-electron chi connectivity index (χ4n) is 6.82. The van der Waals surface area contributed by atoms with Gasteiger partial charge in [0.25, 0.3) is 0 Å². The van der Waals surface area contributed by atoms with Crippen LogP contribution in [-0.4, -0.2) is 30.5 Å². The highest BCUT2D eigenvalue weighted by molar-refractivity contribution is 6.33. The molecule has 4 aliphatic carbocycles. The zero-order valence-corrected chi connectivity index (χ0v) is 20.1. The Bertz CT molecular complexity index is 1220. The van der Waals surface area contributed by atoms with Gasteiger partial charge in [0.2, 0.25) is 11.2 Å². The van der Waals surface area contributed by atoms with E-state index in [0.29, 0.717) is 34.2 Å². The second-order valence-corrected chi connectivity index (χ2v) is 11.1. The molecule has 4 saturated carbocycles. The van der Waals surface area contributed by atoms with Crippen LogP contribution in [0.25, 0.3) is 0 Å². The van der Waals surface area contributed by atoms with Gasteiger partial charge in [0.05, 0.1) is 17.5 Å². The summed E-state index contributed by atoms with van der Waals surface area (Å²) in [6.07, 6.45) is 9.15. The molecule has 7 rings (SSSR count). The third kappa shape index (κ3) is 3.65. The normalized spacial score (nSPS) is 30.0. The van der Waals surface area contributed by atoms with Crippen LogP contribution >= 0.6 is 34.8 Å². The number of halogens is 3. The lowest BCUT2D eigenvalue weighted by Gasteiger charge is -2.60. The van der Waals surface area contributed by atoms with E-state index in [2.05, 4.69) is 20.5 Å². The molecule has 3 aromatic rings. The van der Waals surface area contributed by atoms with E-state index in [4.69, 9.17) is 34.8 Å². The van der Waals surface area contributed by atoms with Crippen molar-refractivity contribution in [2.45, 2.75) is 50.6 Å². The van der Waals surface area contributed by atoms with Gasteiger partial charge in [-0.05, 0) is 73.6 Å². The molecule has 0 spiro atoms. The predicted molar refractivity (Wildman–Crippen MR) is 127 cm³/mol. The quantitative estimate of drug-likeness (QED) is 0.502. The molecule has 2 heterocycles. The van der Waals surface area contributed by atoms with Crippen LogP contribution in [0, 0.1) is 17.3 Å². The summed E-state index contributed by atoms with van der Waals surface area (Å²) in [6.45, 7) is 0.473. The zero-order valence-electron chi connectivity index (χ0n) is 17.8. The maximum absolute atomic E-state index is 13.7. The Morgan fingerprint density at radius 3 is 2.52 bits per heavy atom. The average molecular weight is 506 g/mol. The number of anilines is 1. The highest BCUT2D eigenvalue weighted by Gasteiger charge is 2.61. The van der Waals surface area contributed by atoms with Gasteiger partial charge in [-0.3, -0.25) is 9.48 Å². The minimum Gasteiger partial charge on any atom is -0.307 e. The number of benzene rings is 1. The number of amides is 1. The number of aromatic nitrogens is 5. The van der Waals surface area contributed by atoms with Gasteiger partial charge >= 0.3 is 0 Å². The first-order valence-corrected chi connectivity index (χ1v) is 12.3. The van der Waals surface area contributed by atoms with Gasteiger partial charge in [0.1, 0.15) is 11.3 Å². The summed E-state index contributed by atoms with van der Waals surface area (Å²) in [5.41, 5.74) is 0.276. The van der Waals surface area contributed by atoms with Crippen LogP contribution in [0.4, 0.5) is 5.82 Å². The van der Waals surface area contributed by atoms with Crippen LogP contribution in [0.1, 0.15) is 44.1 Å². The monoisotopic (exact) mass is 504 g/mol. The number of hydrogen-bond acceptors (Lipinski definition) is 4. The summed E-state index contributed by atoms with van der Waals surface area (Å²) in [5, 5.41) is 13.4. The Morgan fingerprint density at radius 1 is 1.06 bits per heavy atom. The van der Waals surface area contributed by atoms with Crippen molar-refractivity contribution in [2.24, 2.45) is 17.3 Å². The summed E-state index contributed by atoms with van der Waals surface area (Å²) < 4.78 is 3.62. The van der Waals surface area contributed by atoms with Gasteiger partial charge in [-0.15, -0.1) is 5.10 Å². The second-order valence-electron chi connectivity index (χ2n) is 9.99. The molecule has 7 nitrogen and oxygen atoms in total. The van der Waals surface area contributed by atoms with E-state index in [1.54, 1.807) is 17.2 Å². The largest absolute Gasteiger partial charge is 0.307 e. The smallest absolute Gasteiger partial charge is 0.242 e. The molecular weight excluding hydrogens is 483 g/mol. The fraction of sp³-hybridized carbons (Fsp3) is 0.478. The van der Waals surface area contributed by atoms with Gasteiger partial charge in [-0.1, -0.05) is 41.4 Å². The lowest BCUT2D eigenvalue weighted by molar-refractivity contribution is -0.150. The first-order chi connectivity index (χ1) is 15.8. The van der Waals surface area contributed by atoms with Gasteiger partial charge in [0.15, 0.2) is 5.82 Å². The average Bonchev–Trinajstić information content (AvgIpc) is 3.35. The molecular formula is C23H23Cl3N6O. The molecule has 2 unspecified atom stereocenters. The number of nitrogens with zero attached hydrogens (tertiary/aromatic N) is 5. The van der Waals surface area contributed by atoms with E-state index in [9.17, 15) is 4.79 Å². The molecule has 0 aliphatic heterocycles. The summed E-state index contributed by atoms with van der Waals surface area (Å²) in [4.78, 5) is 17.8. The summed E-state index contributed by atoms with van der Waals surface area (Å²) in [6, 6.07) is 7.61. The third-order valence-corrected chi connectivity index (χ3v) is 8.52. The molecule has 4 bridgehead atoms. The maximum atomic E-state index is 13.7. The summed E-state index contributed by atoms with van der Waals surface area (Å²) >= 11 is 18.8. The fourth-order valence-corrected chi connectivity index (χ4v) is 7.34. The zero-order chi connectivity index (χ0) is 22.8. The van der Waals surface area contributed by atoms with E-state index in [1.165, 1.54) is 6.42 Å². The Kier molecular flexibility index (Phi) is 5.02. The van der Waals surface area contributed by atoms with Crippen LogP contribution in [0.15, 0.2) is 36.8 Å². The Hall–Kier alpha value is -2.09. The molecule has 10 heteroatoms. The minimum atomic E-state index is -0.460. The molecule has 0 saturated heterocycles. The van der Waals surface area contributed by atoms with Crippen LogP contribution in [0.5, 0.6) is 0 Å². The molecule has 0 radical (unpaired) electrons. The predicted octanol–water partition coefficient (Wildman–Crippen LogP) is 5.42. The number of nitrogens with one attached hydrogen (secondary N) is 1. The van der Waals surface area contributed by atoms with Crippen molar-refractivity contribution in [3.05, 3.63) is 57.7 Å². The summed E-state index contributed by atoms with van der Waals surface area (Å²) in [7, 11) is 0. The third-order valence-electron chi connectivity index (χ3n) is 7.70. The first-order valence-electron chi connectivity index (χ1n) is 11.2. The van der Waals surface area contributed by atoms with Crippen molar-refractivity contribution >= 4 is 46.5 Å². The number of carbonyl (C=O) groups is 1. The highest BCUT2D eigenvalue weighted by Crippen LogP contribution is 2.64. The van der Waals surface area contributed by atoms with Crippen LogP contribution in [-0.2, 0) is 16.9 Å². The minimum absolute atomic E-state index is 0.00270. The summed E-state index contributed by atoms with van der Waals surface area (Å²) in [5.74, 6) is 1.38. The van der Waals surface area contributed by atoms with Crippen LogP contribution < -0.4 is 5.32 Å². The van der Waals surface area contributed by atoms with Crippen LogP contribution in [0.2, 0.25) is 15.3 Å². The molecule has 33 heavy (non-hydrogen) atoms. The highest BCUT2D eigenvalue weighted by atomic mass is 35.5. The van der Waals surface area contributed by atoms with Crippen molar-refractivity contribution in [2.75, 3.05) is 5.32 Å². The van der Waals surface area contributed by atoms with Crippen molar-refractivity contribution in [3.63, 3.8) is 0 Å². The SMILES string of the molecule is O=C(Nc1nn(Cc2ccccc2Cl)cc1Cl)C12CC3CC(C1)CC(n1cnc(Cl)n1)(C3)C2. The van der Waals surface area contributed by atoms with Gasteiger partial charge in [-0.25, -0.2) is 9.67 Å². The van der Waals surface area contributed by atoms with Crippen molar-refractivity contribution in [3.8, 4) is 0 Å². The molecule has 1 aromatic carbocycles. The molecule has 1 N–H and O–H groups in total. The van der Waals surface area contributed by atoms with E-state index in [0.717, 1.165) is 37.7 Å². The van der Waals surface area contributed by atoms with Gasteiger partial charge in [-0.2, -0.15) is 5.10 Å². The Morgan fingerprint density at radius 2 is 1.82 bits per heavy atom. The molecule has 172 valence electrons. The molecule has 1 amide bonds. The lowest BCUT2D eigenvalue weighted by Crippen LogP contribution is -2.60. The lowest BCUT2D eigenvalue weighted by atomic mass is 9.46. The number of rotatable bonds is 5. The standard InChI is InChI=1S/C23H23Cl3N6O/c24-17-4-2-1-3-16(17)10-31-11-18(25)19(29-31)28-20(33)22-6-14-5-15(7-22)9-23(8-14,12-22)32-13-27-21(26)30-32/h1-4,11,13-15H,5-10,12H2,(H,28,29,33). The van der Waals surface area contributed by atoms with Crippen molar-refractivity contribution < 1.29 is 4.79 Å². The first kappa shape index (κ1) is 21.4. The van der Waals surface area contributed by atoms with E-state index in [1.807, 2.05) is 28.9 Å². The topological polar surface area (TPSA) is 77.6 Å². The molecule has 4 aliphatic rings. The Labute approximate surface area is 206 Å².